The molecule has 0 spiro atoms. The molecule has 1 unspecified atom stereocenters. The molecule has 1 atom stereocenters. The highest BCUT2D eigenvalue weighted by Gasteiger charge is 2.10. The Balaban J connectivity index is 2.45. The molecule has 0 aliphatic heterocycles. The van der Waals surface area contributed by atoms with Gasteiger partial charge in [0.1, 0.15) is 0 Å². The number of rotatable bonds is 10. The van der Waals surface area contributed by atoms with Crippen LogP contribution in [-0.2, 0) is 13.0 Å². The Kier molecular flexibility index (Phi) is 8.56. The molecule has 1 rings (SSSR count). The Labute approximate surface area is 125 Å². The molecule has 2 nitrogen and oxygen atoms in total. The Bertz CT molecular complexity index is 345. The van der Waals surface area contributed by atoms with Gasteiger partial charge in [-0.1, -0.05) is 45.0 Å². The van der Waals surface area contributed by atoms with Crippen LogP contribution in [0.25, 0.3) is 0 Å². The van der Waals surface area contributed by atoms with Crippen molar-refractivity contribution in [2.24, 2.45) is 0 Å². The molecule has 2 heteroatoms. The van der Waals surface area contributed by atoms with Crippen LogP contribution in [0.2, 0.25) is 0 Å². The summed E-state index contributed by atoms with van der Waals surface area (Å²) in [6.07, 6.45) is 3.56. The monoisotopic (exact) mass is 276 g/mol. The van der Waals surface area contributed by atoms with Gasteiger partial charge in [0.05, 0.1) is 0 Å². The first-order valence-corrected chi connectivity index (χ1v) is 8.23. The molecule has 20 heavy (non-hydrogen) atoms. The van der Waals surface area contributed by atoms with E-state index in [-0.39, 0.29) is 0 Å². The SMILES string of the molecule is CCCNCCc1ccc(CN(CC)C(C)CC)cc1. The lowest BCUT2D eigenvalue weighted by Gasteiger charge is -2.27. The van der Waals surface area contributed by atoms with Crippen LogP contribution in [0.15, 0.2) is 24.3 Å². The van der Waals surface area contributed by atoms with Crippen molar-refractivity contribution >= 4 is 0 Å². The maximum absolute atomic E-state index is 3.45. The van der Waals surface area contributed by atoms with E-state index >= 15 is 0 Å². The molecule has 0 heterocycles. The summed E-state index contributed by atoms with van der Waals surface area (Å²) in [5.74, 6) is 0. The van der Waals surface area contributed by atoms with Crippen LogP contribution in [0.1, 0.15) is 51.7 Å². The highest BCUT2D eigenvalue weighted by molar-refractivity contribution is 5.22. The van der Waals surface area contributed by atoms with Crippen molar-refractivity contribution in [3.05, 3.63) is 35.4 Å². The molecule has 1 aromatic carbocycles. The highest BCUT2D eigenvalue weighted by Crippen LogP contribution is 2.11. The summed E-state index contributed by atoms with van der Waals surface area (Å²) < 4.78 is 0. The summed E-state index contributed by atoms with van der Waals surface area (Å²) in [5.41, 5.74) is 2.86. The molecule has 0 saturated carbocycles. The van der Waals surface area contributed by atoms with Gasteiger partial charge >= 0.3 is 0 Å². The summed E-state index contributed by atoms with van der Waals surface area (Å²) in [5, 5.41) is 3.45. The fourth-order valence-electron chi connectivity index (χ4n) is 2.42. The van der Waals surface area contributed by atoms with E-state index < -0.39 is 0 Å². The van der Waals surface area contributed by atoms with E-state index in [4.69, 9.17) is 0 Å². The van der Waals surface area contributed by atoms with Gasteiger partial charge in [-0.15, -0.1) is 0 Å². The van der Waals surface area contributed by atoms with Crippen molar-refractivity contribution in [3.63, 3.8) is 0 Å². The van der Waals surface area contributed by atoms with E-state index in [0.717, 1.165) is 32.6 Å². The third kappa shape index (κ3) is 6.06. The summed E-state index contributed by atoms with van der Waals surface area (Å²) in [6, 6.07) is 9.82. The first kappa shape index (κ1) is 17.2. The molecule has 0 amide bonds. The lowest BCUT2D eigenvalue weighted by atomic mass is 10.1. The van der Waals surface area contributed by atoms with Crippen LogP contribution >= 0.6 is 0 Å². The van der Waals surface area contributed by atoms with Gasteiger partial charge in [0.2, 0.25) is 0 Å². The first-order chi connectivity index (χ1) is 9.71. The quantitative estimate of drug-likeness (QED) is 0.653. The molecule has 0 bridgehead atoms. The molecule has 1 aromatic rings. The average Bonchev–Trinajstić information content (AvgIpc) is 2.49. The van der Waals surface area contributed by atoms with Gasteiger partial charge in [0, 0.05) is 12.6 Å². The van der Waals surface area contributed by atoms with Gasteiger partial charge in [0.15, 0.2) is 0 Å². The van der Waals surface area contributed by atoms with Gasteiger partial charge < -0.3 is 5.32 Å². The molecule has 114 valence electrons. The maximum Gasteiger partial charge on any atom is 0.0236 e. The molecular formula is C18H32N2. The Morgan fingerprint density at radius 1 is 1.00 bits per heavy atom. The second-order valence-electron chi connectivity index (χ2n) is 5.64. The van der Waals surface area contributed by atoms with E-state index in [1.807, 2.05) is 0 Å². The zero-order valence-electron chi connectivity index (χ0n) is 13.8. The van der Waals surface area contributed by atoms with Gasteiger partial charge in [-0.2, -0.15) is 0 Å². The van der Waals surface area contributed by atoms with Crippen molar-refractivity contribution in [2.45, 2.75) is 59.5 Å². The van der Waals surface area contributed by atoms with E-state index in [0.29, 0.717) is 6.04 Å². The van der Waals surface area contributed by atoms with Crippen LogP contribution in [0.5, 0.6) is 0 Å². The number of nitrogens with one attached hydrogen (secondary N) is 1. The minimum atomic E-state index is 0.665. The van der Waals surface area contributed by atoms with E-state index in [9.17, 15) is 0 Å². The smallest absolute Gasteiger partial charge is 0.0236 e. The Hall–Kier alpha value is -0.860. The lowest BCUT2D eigenvalue weighted by Crippen LogP contribution is -2.31. The van der Waals surface area contributed by atoms with Crippen LogP contribution in [0.3, 0.4) is 0 Å². The topological polar surface area (TPSA) is 15.3 Å². The molecule has 0 aromatic heterocycles. The fraction of sp³-hybridized carbons (Fsp3) is 0.667. The zero-order valence-corrected chi connectivity index (χ0v) is 13.8. The molecular weight excluding hydrogens is 244 g/mol. The molecule has 0 radical (unpaired) electrons. The molecule has 1 N–H and O–H groups in total. The molecule has 0 aliphatic rings. The van der Waals surface area contributed by atoms with Crippen molar-refractivity contribution in [2.75, 3.05) is 19.6 Å². The summed E-state index contributed by atoms with van der Waals surface area (Å²) in [6.45, 7) is 13.4. The molecule has 0 aliphatic carbocycles. The predicted molar refractivity (Wildman–Crippen MR) is 89.1 cm³/mol. The van der Waals surface area contributed by atoms with E-state index in [1.165, 1.54) is 24.0 Å². The molecule has 0 saturated heterocycles. The molecule has 0 fully saturated rings. The standard InChI is InChI=1S/C18H32N2/c1-5-13-19-14-12-17-8-10-18(11-9-17)15-20(7-3)16(4)6-2/h8-11,16,19H,5-7,12-15H2,1-4H3. The number of nitrogens with zero attached hydrogens (tertiary/aromatic N) is 1. The van der Waals surface area contributed by atoms with E-state index in [1.54, 1.807) is 0 Å². The summed E-state index contributed by atoms with van der Waals surface area (Å²) >= 11 is 0. The summed E-state index contributed by atoms with van der Waals surface area (Å²) in [7, 11) is 0. The first-order valence-electron chi connectivity index (χ1n) is 8.23. The Morgan fingerprint density at radius 3 is 2.20 bits per heavy atom. The maximum atomic E-state index is 3.45. The predicted octanol–water partition coefficient (Wildman–Crippen LogP) is 3.85. The minimum Gasteiger partial charge on any atom is -0.316 e. The van der Waals surface area contributed by atoms with Gasteiger partial charge in [-0.25, -0.2) is 0 Å². The van der Waals surface area contributed by atoms with Gasteiger partial charge in [0.25, 0.3) is 0 Å². The zero-order chi connectivity index (χ0) is 14.8. The number of hydrogen-bond acceptors (Lipinski definition) is 2. The number of hydrogen-bond donors (Lipinski definition) is 1. The average molecular weight is 276 g/mol. The van der Waals surface area contributed by atoms with Crippen LogP contribution < -0.4 is 5.32 Å². The Morgan fingerprint density at radius 2 is 1.65 bits per heavy atom. The van der Waals surface area contributed by atoms with Crippen molar-refractivity contribution < 1.29 is 0 Å². The largest absolute Gasteiger partial charge is 0.316 e. The number of benzene rings is 1. The van der Waals surface area contributed by atoms with Crippen molar-refractivity contribution in [1.29, 1.82) is 0 Å². The van der Waals surface area contributed by atoms with Crippen LogP contribution in [0, 0.1) is 0 Å². The van der Waals surface area contributed by atoms with Crippen molar-refractivity contribution in [1.82, 2.24) is 10.2 Å². The third-order valence-electron chi connectivity index (χ3n) is 4.05. The minimum absolute atomic E-state index is 0.665. The highest BCUT2D eigenvalue weighted by atomic mass is 15.1. The van der Waals surface area contributed by atoms with E-state index in [2.05, 4.69) is 62.2 Å². The third-order valence-corrected chi connectivity index (χ3v) is 4.05. The normalized spacial score (nSPS) is 12.8. The van der Waals surface area contributed by atoms with Gasteiger partial charge in [-0.3, -0.25) is 4.90 Å². The van der Waals surface area contributed by atoms with Crippen LogP contribution in [0.4, 0.5) is 0 Å². The fourth-order valence-corrected chi connectivity index (χ4v) is 2.42. The van der Waals surface area contributed by atoms with Crippen LogP contribution in [-0.4, -0.2) is 30.6 Å². The van der Waals surface area contributed by atoms with Gasteiger partial charge in [-0.05, 0) is 56.9 Å². The summed E-state index contributed by atoms with van der Waals surface area (Å²) in [4.78, 5) is 2.54. The lowest BCUT2D eigenvalue weighted by molar-refractivity contribution is 0.206. The van der Waals surface area contributed by atoms with Crippen molar-refractivity contribution in [3.8, 4) is 0 Å². The second kappa shape index (κ2) is 9.95. The second-order valence-corrected chi connectivity index (χ2v) is 5.64.